The third kappa shape index (κ3) is 5.01. The third-order valence-corrected chi connectivity index (χ3v) is 9.47. The van der Waals surface area contributed by atoms with E-state index in [0.717, 1.165) is 56.2 Å². The molecular weight excluding hydrogens is 438 g/mol. The summed E-state index contributed by atoms with van der Waals surface area (Å²) in [6.45, 7) is 0.504. The van der Waals surface area contributed by atoms with Crippen LogP contribution in [-0.4, -0.2) is 29.8 Å². The molecule has 2 aromatic rings. The predicted octanol–water partition coefficient (Wildman–Crippen LogP) is 6.06. The summed E-state index contributed by atoms with van der Waals surface area (Å²) < 4.78 is 30.5. The molecule has 0 radical (unpaired) electrons. The van der Waals surface area contributed by atoms with Gasteiger partial charge in [0.25, 0.3) is 0 Å². The highest BCUT2D eigenvalue weighted by molar-refractivity contribution is 7.89. The number of halogens is 1. The van der Waals surface area contributed by atoms with Crippen molar-refractivity contribution in [1.82, 2.24) is 9.29 Å². The van der Waals surface area contributed by atoms with E-state index in [1.807, 2.05) is 22.5 Å². The van der Waals surface area contributed by atoms with Crippen LogP contribution in [0.2, 0.25) is 4.47 Å². The lowest BCUT2D eigenvalue weighted by Crippen LogP contribution is -2.48. The van der Waals surface area contributed by atoms with Crippen LogP contribution >= 0.6 is 22.9 Å². The lowest BCUT2D eigenvalue weighted by molar-refractivity contribution is 0.170. The Bertz CT molecular complexity index is 917. The summed E-state index contributed by atoms with van der Waals surface area (Å²) in [7, 11) is -3.60. The molecule has 2 saturated carbocycles. The highest BCUT2D eigenvalue weighted by Gasteiger charge is 2.39. The van der Waals surface area contributed by atoms with Gasteiger partial charge in [0, 0.05) is 23.2 Å². The van der Waals surface area contributed by atoms with E-state index in [0.29, 0.717) is 21.6 Å². The van der Waals surface area contributed by atoms with Crippen LogP contribution in [-0.2, 0) is 16.6 Å². The molecule has 0 bridgehead atoms. The van der Waals surface area contributed by atoms with Gasteiger partial charge >= 0.3 is 0 Å². The Morgan fingerprint density at radius 3 is 2.17 bits per heavy atom. The minimum absolute atomic E-state index is 0.125. The Balaban J connectivity index is 1.63. The first-order chi connectivity index (χ1) is 14.6. The Hall–Kier alpha value is -1.15. The number of nitrogens with one attached hydrogen (secondary N) is 1. The fourth-order valence-corrected chi connectivity index (χ4v) is 7.88. The van der Waals surface area contributed by atoms with E-state index < -0.39 is 10.0 Å². The van der Waals surface area contributed by atoms with Crippen LogP contribution in [0.5, 0.6) is 0 Å². The molecule has 1 N–H and O–H groups in total. The van der Waals surface area contributed by atoms with Gasteiger partial charge in [-0.25, -0.2) is 13.4 Å². The third-order valence-electron chi connectivity index (χ3n) is 6.29. The fourth-order valence-electron chi connectivity index (χ4n) is 4.86. The molecule has 164 valence electrons. The van der Waals surface area contributed by atoms with E-state index >= 15 is 0 Å². The second-order valence-electron chi connectivity index (χ2n) is 8.35. The minimum Gasteiger partial charge on any atom is -0.379 e. The highest BCUT2D eigenvalue weighted by atomic mass is 35.5. The molecule has 0 aliphatic heterocycles. The lowest BCUT2D eigenvalue weighted by atomic mass is 9.91. The van der Waals surface area contributed by atoms with Crippen LogP contribution in [0.4, 0.5) is 5.69 Å². The molecule has 0 spiro atoms. The van der Waals surface area contributed by atoms with Crippen LogP contribution < -0.4 is 5.32 Å². The molecule has 0 atom stereocenters. The van der Waals surface area contributed by atoms with Crippen LogP contribution in [0.3, 0.4) is 0 Å². The highest BCUT2D eigenvalue weighted by Crippen LogP contribution is 2.36. The van der Waals surface area contributed by atoms with E-state index in [1.165, 1.54) is 24.2 Å². The van der Waals surface area contributed by atoms with Crippen LogP contribution in [0.1, 0.15) is 69.1 Å². The summed E-state index contributed by atoms with van der Waals surface area (Å²) in [6, 6.07) is 7.56. The number of nitrogens with zero attached hydrogens (tertiary/aromatic N) is 2. The molecule has 0 unspecified atom stereocenters. The van der Waals surface area contributed by atoms with Gasteiger partial charge in [-0.2, -0.15) is 4.31 Å². The minimum atomic E-state index is -3.60. The molecule has 0 amide bonds. The SMILES string of the molecule is O=S(=O)(c1ccccc1NCc1cnc(Cl)s1)N(C1CCCCC1)C1CCCCC1. The number of aromatic nitrogens is 1. The Labute approximate surface area is 188 Å². The molecule has 0 saturated heterocycles. The van der Waals surface area contributed by atoms with Gasteiger partial charge in [0.1, 0.15) is 4.90 Å². The smallest absolute Gasteiger partial charge is 0.245 e. The molecule has 1 aromatic carbocycles. The molecule has 4 rings (SSSR count). The topological polar surface area (TPSA) is 62.3 Å². The number of rotatable bonds is 7. The maximum atomic E-state index is 14.0. The van der Waals surface area contributed by atoms with Gasteiger partial charge in [-0.3, -0.25) is 0 Å². The van der Waals surface area contributed by atoms with Gasteiger partial charge in [0.05, 0.1) is 12.2 Å². The normalized spacial score (nSPS) is 19.3. The van der Waals surface area contributed by atoms with E-state index in [1.54, 1.807) is 12.3 Å². The summed E-state index contributed by atoms with van der Waals surface area (Å²) in [6.07, 6.45) is 12.5. The Morgan fingerprint density at radius 1 is 1.00 bits per heavy atom. The first-order valence-electron chi connectivity index (χ1n) is 11.0. The fraction of sp³-hybridized carbons (Fsp3) is 0.591. The summed E-state index contributed by atoms with van der Waals surface area (Å²) in [5, 5.41) is 3.32. The first-order valence-corrected chi connectivity index (χ1v) is 13.7. The molecule has 8 heteroatoms. The maximum Gasteiger partial charge on any atom is 0.245 e. The average molecular weight is 468 g/mol. The van der Waals surface area contributed by atoms with Gasteiger partial charge in [-0.05, 0) is 37.8 Å². The van der Waals surface area contributed by atoms with Crippen molar-refractivity contribution in [2.24, 2.45) is 0 Å². The summed E-state index contributed by atoms with van der Waals surface area (Å²) in [4.78, 5) is 5.43. The number of hydrogen-bond donors (Lipinski definition) is 1. The van der Waals surface area contributed by atoms with Crippen LogP contribution in [0.25, 0.3) is 0 Å². The summed E-state index contributed by atoms with van der Waals surface area (Å²) in [5.41, 5.74) is 0.652. The molecular formula is C22H30ClN3O2S2. The number of benzene rings is 1. The van der Waals surface area contributed by atoms with Crippen molar-refractivity contribution in [1.29, 1.82) is 0 Å². The van der Waals surface area contributed by atoms with E-state index in [2.05, 4.69) is 10.3 Å². The Morgan fingerprint density at radius 2 is 1.60 bits per heavy atom. The largest absolute Gasteiger partial charge is 0.379 e. The van der Waals surface area contributed by atoms with Crippen LogP contribution in [0.15, 0.2) is 35.4 Å². The predicted molar refractivity (Wildman–Crippen MR) is 124 cm³/mol. The van der Waals surface area contributed by atoms with Crippen molar-refractivity contribution >= 4 is 38.6 Å². The quantitative estimate of drug-likeness (QED) is 0.537. The monoisotopic (exact) mass is 467 g/mol. The zero-order valence-corrected chi connectivity index (χ0v) is 19.6. The van der Waals surface area contributed by atoms with Crippen molar-refractivity contribution in [3.8, 4) is 0 Å². The lowest BCUT2D eigenvalue weighted by Gasteiger charge is -2.40. The summed E-state index contributed by atoms with van der Waals surface area (Å²) >= 11 is 7.34. The molecule has 1 aromatic heterocycles. The second-order valence-corrected chi connectivity index (χ2v) is 11.9. The Kier molecular flexibility index (Phi) is 7.34. The van der Waals surface area contributed by atoms with Crippen molar-refractivity contribution in [2.45, 2.75) is 87.7 Å². The molecule has 30 heavy (non-hydrogen) atoms. The van der Waals surface area contributed by atoms with Gasteiger partial charge in [0.2, 0.25) is 10.0 Å². The van der Waals surface area contributed by atoms with Crippen molar-refractivity contribution < 1.29 is 8.42 Å². The number of sulfonamides is 1. The average Bonchev–Trinajstić information content (AvgIpc) is 3.19. The molecule has 2 fully saturated rings. The second kappa shape index (κ2) is 9.98. The van der Waals surface area contributed by atoms with Crippen LogP contribution in [0, 0.1) is 0 Å². The van der Waals surface area contributed by atoms with Crippen molar-refractivity contribution in [3.63, 3.8) is 0 Å². The van der Waals surface area contributed by atoms with E-state index in [-0.39, 0.29) is 12.1 Å². The standard InChI is InChI=1S/C22H30ClN3O2S2/c23-22-25-16-19(29-22)15-24-20-13-7-8-14-21(20)30(27,28)26(17-9-3-1-4-10-17)18-11-5-2-6-12-18/h7-8,13-14,16-18,24H,1-6,9-12,15H2. The number of anilines is 1. The first kappa shape index (κ1) is 22.1. The van der Waals surface area contributed by atoms with Crippen molar-refractivity contribution in [2.75, 3.05) is 5.32 Å². The molecule has 2 aliphatic rings. The van der Waals surface area contributed by atoms with Gasteiger partial charge in [0.15, 0.2) is 4.47 Å². The number of para-hydroxylation sites is 1. The van der Waals surface area contributed by atoms with Crippen molar-refractivity contribution in [3.05, 3.63) is 39.8 Å². The van der Waals surface area contributed by atoms with Gasteiger partial charge in [-0.1, -0.05) is 62.3 Å². The van der Waals surface area contributed by atoms with E-state index in [9.17, 15) is 8.42 Å². The number of hydrogen-bond acceptors (Lipinski definition) is 5. The molecule has 1 heterocycles. The summed E-state index contributed by atoms with van der Waals surface area (Å²) in [5.74, 6) is 0. The maximum absolute atomic E-state index is 14.0. The molecule has 5 nitrogen and oxygen atoms in total. The van der Waals surface area contributed by atoms with Gasteiger partial charge in [-0.15, -0.1) is 11.3 Å². The van der Waals surface area contributed by atoms with Gasteiger partial charge < -0.3 is 5.32 Å². The zero-order valence-electron chi connectivity index (χ0n) is 17.2. The molecule has 2 aliphatic carbocycles. The van der Waals surface area contributed by atoms with E-state index in [4.69, 9.17) is 11.6 Å². The number of thiazole rings is 1. The zero-order chi connectivity index (χ0) is 21.0.